The maximum absolute atomic E-state index is 12.5. The van der Waals surface area contributed by atoms with E-state index in [4.69, 9.17) is 9.84 Å². The van der Waals surface area contributed by atoms with Crippen LogP contribution in [-0.4, -0.2) is 68.1 Å². The Bertz CT molecular complexity index is 334. The maximum Gasteiger partial charge on any atom is 0.282 e. The quantitative estimate of drug-likeness (QED) is 0.715. The Morgan fingerprint density at radius 2 is 2.11 bits per heavy atom. The van der Waals surface area contributed by atoms with Crippen LogP contribution in [0.3, 0.4) is 0 Å². The first-order chi connectivity index (χ1) is 8.54. The molecule has 7 heteroatoms. The van der Waals surface area contributed by atoms with Crippen LogP contribution in [0, 0.1) is 0 Å². The molecular weight excluding hydrogens is 256 g/mol. The lowest BCUT2D eigenvalue weighted by Gasteiger charge is -2.36. The van der Waals surface area contributed by atoms with E-state index in [0.717, 1.165) is 19.3 Å². The molecule has 0 radical (unpaired) electrons. The molecule has 0 aromatic rings. The van der Waals surface area contributed by atoms with Gasteiger partial charge in [0.05, 0.1) is 13.2 Å². The summed E-state index contributed by atoms with van der Waals surface area (Å²) in [5, 5.41) is 9.00. The third kappa shape index (κ3) is 3.89. The zero-order valence-electron chi connectivity index (χ0n) is 11.2. The van der Waals surface area contributed by atoms with Gasteiger partial charge in [0, 0.05) is 32.8 Å². The maximum atomic E-state index is 12.5. The molecule has 1 N–H and O–H groups in total. The Labute approximate surface area is 110 Å². The van der Waals surface area contributed by atoms with E-state index in [-0.39, 0.29) is 25.7 Å². The fourth-order valence-electron chi connectivity index (χ4n) is 2.21. The van der Waals surface area contributed by atoms with Crippen molar-refractivity contribution in [2.75, 3.05) is 40.0 Å². The monoisotopic (exact) mass is 280 g/mol. The van der Waals surface area contributed by atoms with Gasteiger partial charge in [-0.25, -0.2) is 0 Å². The van der Waals surface area contributed by atoms with Crippen LogP contribution in [0.25, 0.3) is 0 Å². The summed E-state index contributed by atoms with van der Waals surface area (Å²) in [6.07, 6.45) is 2.88. The van der Waals surface area contributed by atoms with E-state index in [1.165, 1.54) is 11.4 Å². The first-order valence-electron chi connectivity index (χ1n) is 6.40. The summed E-state index contributed by atoms with van der Waals surface area (Å²) in [6.45, 7) is 3.06. The normalized spacial score (nSPS) is 22.6. The molecule has 0 aromatic heterocycles. The third-order valence-electron chi connectivity index (χ3n) is 3.26. The molecule has 0 saturated carbocycles. The number of hydrogen-bond acceptors (Lipinski definition) is 4. The average Bonchev–Trinajstić information content (AvgIpc) is 2.34. The van der Waals surface area contributed by atoms with Crippen LogP contribution < -0.4 is 0 Å². The molecule has 1 rings (SSSR count). The second-order valence-electron chi connectivity index (χ2n) is 4.58. The van der Waals surface area contributed by atoms with Gasteiger partial charge < -0.3 is 9.84 Å². The third-order valence-corrected chi connectivity index (χ3v) is 5.41. The predicted octanol–water partition coefficient (Wildman–Crippen LogP) is 0.0463. The zero-order valence-corrected chi connectivity index (χ0v) is 12.0. The molecule has 0 aromatic carbocycles. The lowest BCUT2D eigenvalue weighted by molar-refractivity contribution is 0.160. The highest BCUT2D eigenvalue weighted by Crippen LogP contribution is 2.22. The minimum atomic E-state index is -3.48. The van der Waals surface area contributed by atoms with Gasteiger partial charge in [-0.15, -0.1) is 0 Å². The van der Waals surface area contributed by atoms with Gasteiger partial charge in [-0.05, 0) is 19.8 Å². The SMILES string of the molecule is COCCN(CCO)S(=O)(=O)N1CCCCC1C. The number of hydrogen-bond donors (Lipinski definition) is 1. The first-order valence-corrected chi connectivity index (χ1v) is 7.80. The highest BCUT2D eigenvalue weighted by molar-refractivity contribution is 7.86. The molecule has 1 heterocycles. The van der Waals surface area contributed by atoms with Gasteiger partial charge in [-0.3, -0.25) is 0 Å². The second-order valence-corrected chi connectivity index (χ2v) is 6.46. The molecule has 1 unspecified atom stereocenters. The van der Waals surface area contributed by atoms with Crippen LogP contribution in [0.1, 0.15) is 26.2 Å². The predicted molar refractivity (Wildman–Crippen MR) is 69.5 cm³/mol. The largest absolute Gasteiger partial charge is 0.395 e. The van der Waals surface area contributed by atoms with Crippen LogP contribution in [0.2, 0.25) is 0 Å². The molecule has 1 fully saturated rings. The summed E-state index contributed by atoms with van der Waals surface area (Å²) >= 11 is 0. The summed E-state index contributed by atoms with van der Waals surface area (Å²) in [6, 6.07) is 0.0347. The molecule has 0 aliphatic carbocycles. The highest BCUT2D eigenvalue weighted by atomic mass is 32.2. The number of rotatable bonds is 7. The second kappa shape index (κ2) is 7.40. The van der Waals surface area contributed by atoms with Crippen LogP contribution in [0.5, 0.6) is 0 Å². The van der Waals surface area contributed by atoms with E-state index in [1.807, 2.05) is 6.92 Å². The van der Waals surface area contributed by atoms with E-state index in [1.54, 1.807) is 4.31 Å². The van der Waals surface area contributed by atoms with Gasteiger partial charge in [0.15, 0.2) is 0 Å². The van der Waals surface area contributed by atoms with Crippen molar-refractivity contribution in [3.8, 4) is 0 Å². The summed E-state index contributed by atoms with van der Waals surface area (Å²) < 4.78 is 32.7. The summed E-state index contributed by atoms with van der Waals surface area (Å²) in [7, 11) is -1.95. The van der Waals surface area contributed by atoms with Gasteiger partial charge in [0.2, 0.25) is 0 Å². The van der Waals surface area contributed by atoms with E-state index in [9.17, 15) is 8.42 Å². The number of nitrogens with zero attached hydrogens (tertiary/aromatic N) is 2. The standard InChI is InChI=1S/C11H24N2O4S/c1-11-5-3-4-6-13(11)18(15,16)12(7-9-14)8-10-17-2/h11,14H,3-10H2,1-2H3. The van der Waals surface area contributed by atoms with Crippen LogP contribution >= 0.6 is 0 Å². The summed E-state index contributed by atoms with van der Waals surface area (Å²) in [5.74, 6) is 0. The van der Waals surface area contributed by atoms with Crippen molar-refractivity contribution < 1.29 is 18.3 Å². The van der Waals surface area contributed by atoms with Crippen LogP contribution in [-0.2, 0) is 14.9 Å². The minimum absolute atomic E-state index is 0.0347. The summed E-state index contributed by atoms with van der Waals surface area (Å²) in [4.78, 5) is 0. The summed E-state index contributed by atoms with van der Waals surface area (Å²) in [5.41, 5.74) is 0. The van der Waals surface area contributed by atoms with Crippen LogP contribution in [0.4, 0.5) is 0 Å². The fourth-order valence-corrected chi connectivity index (χ4v) is 4.04. The van der Waals surface area contributed by atoms with Gasteiger partial charge in [0.25, 0.3) is 10.2 Å². The van der Waals surface area contributed by atoms with Crippen LogP contribution in [0.15, 0.2) is 0 Å². The average molecular weight is 280 g/mol. The van der Waals surface area contributed by atoms with Gasteiger partial charge in [0.1, 0.15) is 0 Å². The van der Waals surface area contributed by atoms with Crippen molar-refractivity contribution in [3.05, 3.63) is 0 Å². The van der Waals surface area contributed by atoms with Crippen molar-refractivity contribution >= 4 is 10.2 Å². The lowest BCUT2D eigenvalue weighted by Crippen LogP contribution is -2.51. The van der Waals surface area contributed by atoms with Crippen molar-refractivity contribution in [2.24, 2.45) is 0 Å². The Balaban J connectivity index is 2.78. The molecule has 0 spiro atoms. The molecule has 6 nitrogen and oxygen atoms in total. The molecule has 1 saturated heterocycles. The van der Waals surface area contributed by atoms with E-state index < -0.39 is 10.2 Å². The Hall–Kier alpha value is -0.210. The van der Waals surface area contributed by atoms with Gasteiger partial charge in [-0.2, -0.15) is 17.0 Å². The minimum Gasteiger partial charge on any atom is -0.395 e. The Morgan fingerprint density at radius 1 is 1.39 bits per heavy atom. The smallest absolute Gasteiger partial charge is 0.282 e. The van der Waals surface area contributed by atoms with Crippen molar-refractivity contribution in [1.82, 2.24) is 8.61 Å². The van der Waals surface area contributed by atoms with Crippen molar-refractivity contribution in [1.29, 1.82) is 0 Å². The van der Waals surface area contributed by atoms with Crippen molar-refractivity contribution in [2.45, 2.75) is 32.2 Å². The zero-order chi connectivity index (χ0) is 13.6. The topological polar surface area (TPSA) is 70.1 Å². The fraction of sp³-hybridized carbons (Fsp3) is 1.00. The number of aliphatic hydroxyl groups is 1. The number of ether oxygens (including phenoxy) is 1. The molecule has 0 amide bonds. The molecule has 18 heavy (non-hydrogen) atoms. The number of aliphatic hydroxyl groups excluding tert-OH is 1. The number of piperidine rings is 1. The molecular formula is C11H24N2O4S. The van der Waals surface area contributed by atoms with E-state index in [0.29, 0.717) is 13.2 Å². The lowest BCUT2D eigenvalue weighted by atomic mass is 10.1. The van der Waals surface area contributed by atoms with E-state index in [2.05, 4.69) is 0 Å². The van der Waals surface area contributed by atoms with Gasteiger partial charge in [-0.1, -0.05) is 6.42 Å². The molecule has 1 atom stereocenters. The Morgan fingerprint density at radius 3 is 2.67 bits per heavy atom. The van der Waals surface area contributed by atoms with E-state index >= 15 is 0 Å². The Kier molecular flexibility index (Phi) is 6.51. The molecule has 1 aliphatic rings. The molecule has 1 aliphatic heterocycles. The molecule has 0 bridgehead atoms. The highest BCUT2D eigenvalue weighted by Gasteiger charge is 2.33. The van der Waals surface area contributed by atoms with Gasteiger partial charge >= 0.3 is 0 Å². The van der Waals surface area contributed by atoms with Crippen molar-refractivity contribution in [3.63, 3.8) is 0 Å². The first kappa shape index (κ1) is 15.8. The number of methoxy groups -OCH3 is 1. The molecule has 108 valence electrons.